The van der Waals surface area contributed by atoms with Crippen LogP contribution in [0.1, 0.15) is 26.3 Å². The van der Waals surface area contributed by atoms with E-state index in [1.165, 1.54) is 6.07 Å². The van der Waals surface area contributed by atoms with E-state index in [4.69, 9.17) is 11.6 Å². The van der Waals surface area contributed by atoms with Crippen LogP contribution < -0.4 is 5.32 Å². The molecule has 0 aliphatic heterocycles. The molecule has 1 atom stereocenters. The summed E-state index contributed by atoms with van der Waals surface area (Å²) in [6.45, 7) is 5.69. The van der Waals surface area contributed by atoms with Crippen LogP contribution in [0.15, 0.2) is 18.2 Å². The normalized spacial score (nSPS) is 13.9. The zero-order valence-corrected chi connectivity index (χ0v) is 10.5. The van der Waals surface area contributed by atoms with Gasteiger partial charge in [-0.25, -0.2) is 4.39 Å². The molecule has 0 saturated carbocycles. The minimum Gasteiger partial charge on any atom is -0.392 e. The van der Waals surface area contributed by atoms with Gasteiger partial charge < -0.3 is 10.4 Å². The first-order valence-corrected chi connectivity index (χ1v) is 5.58. The Bertz CT molecular complexity index is 346. The summed E-state index contributed by atoms with van der Waals surface area (Å²) in [7, 11) is 0. The summed E-state index contributed by atoms with van der Waals surface area (Å²) in [6, 6.07) is 4.59. The van der Waals surface area contributed by atoms with Gasteiger partial charge in [0.25, 0.3) is 0 Å². The smallest absolute Gasteiger partial charge is 0.129 e. The van der Waals surface area contributed by atoms with Crippen molar-refractivity contribution in [3.05, 3.63) is 34.6 Å². The van der Waals surface area contributed by atoms with Crippen LogP contribution >= 0.6 is 11.6 Å². The number of rotatable bonds is 4. The number of hydrogen-bond acceptors (Lipinski definition) is 2. The Balaban J connectivity index is 2.75. The Kier molecular flexibility index (Phi) is 4.30. The average molecular weight is 246 g/mol. The average Bonchev–Trinajstić information content (AvgIpc) is 2.16. The van der Waals surface area contributed by atoms with Crippen molar-refractivity contribution in [2.45, 2.75) is 39.0 Å². The van der Waals surface area contributed by atoms with Crippen LogP contribution in [0.3, 0.4) is 0 Å². The number of nitrogens with one attached hydrogen (secondary N) is 1. The fourth-order valence-corrected chi connectivity index (χ4v) is 1.39. The second-order valence-electron chi connectivity index (χ2n) is 4.45. The third-order valence-electron chi connectivity index (χ3n) is 2.83. The molecule has 0 radical (unpaired) electrons. The maximum absolute atomic E-state index is 13.4. The van der Waals surface area contributed by atoms with Crippen molar-refractivity contribution in [3.8, 4) is 0 Å². The Morgan fingerprint density at radius 1 is 1.50 bits per heavy atom. The monoisotopic (exact) mass is 245 g/mol. The lowest BCUT2D eigenvalue weighted by atomic mass is 9.98. The molecule has 2 nitrogen and oxygen atoms in total. The van der Waals surface area contributed by atoms with Gasteiger partial charge in [-0.2, -0.15) is 0 Å². The van der Waals surface area contributed by atoms with E-state index >= 15 is 0 Å². The fraction of sp³-hybridized carbons (Fsp3) is 0.500. The number of aliphatic hydroxyl groups excluding tert-OH is 1. The highest BCUT2D eigenvalue weighted by atomic mass is 35.5. The molecule has 1 unspecified atom stereocenters. The fourth-order valence-electron chi connectivity index (χ4n) is 1.17. The SMILES string of the molecule is CC(O)C(C)(C)NCc1c(F)cccc1Cl. The van der Waals surface area contributed by atoms with Crippen LogP contribution in [0.25, 0.3) is 0 Å². The van der Waals surface area contributed by atoms with Gasteiger partial charge in [-0.3, -0.25) is 0 Å². The number of benzene rings is 1. The molecule has 0 saturated heterocycles. The summed E-state index contributed by atoms with van der Waals surface area (Å²) < 4.78 is 13.4. The highest BCUT2D eigenvalue weighted by Gasteiger charge is 2.23. The van der Waals surface area contributed by atoms with Crippen molar-refractivity contribution in [1.29, 1.82) is 0 Å². The van der Waals surface area contributed by atoms with Crippen LogP contribution in [-0.4, -0.2) is 16.7 Å². The van der Waals surface area contributed by atoms with Gasteiger partial charge in [-0.1, -0.05) is 17.7 Å². The van der Waals surface area contributed by atoms with Crippen molar-refractivity contribution in [2.75, 3.05) is 0 Å². The van der Waals surface area contributed by atoms with Gasteiger partial charge in [0.05, 0.1) is 6.10 Å². The molecule has 2 N–H and O–H groups in total. The standard InChI is InChI=1S/C12H17ClFNO/c1-8(16)12(2,3)15-7-9-10(13)5-4-6-11(9)14/h4-6,8,15-16H,7H2,1-3H3. The van der Waals surface area contributed by atoms with Crippen LogP contribution in [0.5, 0.6) is 0 Å². The molecule has 4 heteroatoms. The second kappa shape index (κ2) is 5.13. The molecule has 1 rings (SSSR count). The molecule has 0 heterocycles. The van der Waals surface area contributed by atoms with Gasteiger partial charge in [-0.05, 0) is 32.9 Å². The Hall–Kier alpha value is -0.640. The lowest BCUT2D eigenvalue weighted by Gasteiger charge is -2.29. The van der Waals surface area contributed by atoms with E-state index in [9.17, 15) is 9.50 Å². The van der Waals surface area contributed by atoms with Crippen LogP contribution in [0.4, 0.5) is 4.39 Å². The van der Waals surface area contributed by atoms with E-state index in [1.54, 1.807) is 19.1 Å². The van der Waals surface area contributed by atoms with Crippen molar-refractivity contribution in [2.24, 2.45) is 0 Å². The first kappa shape index (κ1) is 13.4. The third kappa shape index (κ3) is 3.17. The van der Waals surface area contributed by atoms with Crippen LogP contribution in [-0.2, 0) is 6.54 Å². The lowest BCUT2D eigenvalue weighted by molar-refractivity contribution is 0.0954. The molecule has 1 aromatic rings. The number of aliphatic hydroxyl groups is 1. The first-order valence-electron chi connectivity index (χ1n) is 5.20. The largest absolute Gasteiger partial charge is 0.392 e. The maximum atomic E-state index is 13.4. The highest BCUT2D eigenvalue weighted by molar-refractivity contribution is 6.31. The Morgan fingerprint density at radius 3 is 2.62 bits per heavy atom. The van der Waals surface area contributed by atoms with E-state index in [0.717, 1.165) is 0 Å². The minimum absolute atomic E-state index is 0.295. The van der Waals surface area contributed by atoms with Gasteiger partial charge in [0, 0.05) is 22.7 Å². The Labute approximate surface area is 100 Å². The summed E-state index contributed by atoms with van der Waals surface area (Å²) in [4.78, 5) is 0. The van der Waals surface area contributed by atoms with Gasteiger partial charge in [-0.15, -0.1) is 0 Å². The number of halogens is 2. The zero-order valence-electron chi connectivity index (χ0n) is 9.72. The molecule has 0 bridgehead atoms. The topological polar surface area (TPSA) is 32.3 Å². The van der Waals surface area contributed by atoms with Crippen LogP contribution in [0, 0.1) is 5.82 Å². The third-order valence-corrected chi connectivity index (χ3v) is 3.18. The molecular formula is C12H17ClFNO. The predicted octanol–water partition coefficient (Wildman–Crippen LogP) is 2.73. The molecule has 0 fully saturated rings. The molecule has 0 aliphatic carbocycles. The van der Waals surface area contributed by atoms with E-state index in [2.05, 4.69) is 5.32 Å². The molecular weight excluding hydrogens is 229 g/mol. The summed E-state index contributed by atoms with van der Waals surface area (Å²) in [5.74, 6) is -0.332. The van der Waals surface area contributed by atoms with Crippen molar-refractivity contribution < 1.29 is 9.50 Å². The molecule has 0 aliphatic rings. The lowest BCUT2D eigenvalue weighted by Crippen LogP contribution is -2.47. The van der Waals surface area contributed by atoms with Crippen molar-refractivity contribution >= 4 is 11.6 Å². The molecule has 0 amide bonds. The van der Waals surface area contributed by atoms with E-state index < -0.39 is 11.6 Å². The number of hydrogen-bond donors (Lipinski definition) is 2. The molecule has 0 spiro atoms. The van der Waals surface area contributed by atoms with Gasteiger partial charge in [0.1, 0.15) is 5.82 Å². The van der Waals surface area contributed by atoms with Gasteiger partial charge >= 0.3 is 0 Å². The summed E-state index contributed by atoms with van der Waals surface area (Å²) >= 11 is 5.90. The first-order chi connectivity index (χ1) is 7.34. The summed E-state index contributed by atoms with van der Waals surface area (Å²) in [5.41, 5.74) is -0.0519. The van der Waals surface area contributed by atoms with E-state index in [1.807, 2.05) is 13.8 Å². The van der Waals surface area contributed by atoms with Gasteiger partial charge in [0.15, 0.2) is 0 Å². The zero-order chi connectivity index (χ0) is 12.3. The quantitative estimate of drug-likeness (QED) is 0.855. The summed E-state index contributed by atoms with van der Waals surface area (Å²) in [5, 5.41) is 13.0. The van der Waals surface area contributed by atoms with Crippen molar-refractivity contribution in [3.63, 3.8) is 0 Å². The molecule has 90 valence electrons. The molecule has 1 aromatic carbocycles. The van der Waals surface area contributed by atoms with E-state index in [0.29, 0.717) is 17.1 Å². The Morgan fingerprint density at radius 2 is 2.12 bits per heavy atom. The molecule has 16 heavy (non-hydrogen) atoms. The molecule has 0 aromatic heterocycles. The summed E-state index contributed by atoms with van der Waals surface area (Å²) in [6.07, 6.45) is -0.530. The van der Waals surface area contributed by atoms with Gasteiger partial charge in [0.2, 0.25) is 0 Å². The van der Waals surface area contributed by atoms with Crippen LogP contribution in [0.2, 0.25) is 5.02 Å². The minimum atomic E-state index is -0.530. The van der Waals surface area contributed by atoms with Crippen molar-refractivity contribution in [1.82, 2.24) is 5.32 Å². The van der Waals surface area contributed by atoms with E-state index in [-0.39, 0.29) is 5.82 Å². The second-order valence-corrected chi connectivity index (χ2v) is 4.86. The maximum Gasteiger partial charge on any atom is 0.129 e. The predicted molar refractivity (Wildman–Crippen MR) is 64.0 cm³/mol. The highest BCUT2D eigenvalue weighted by Crippen LogP contribution is 2.20.